The lowest BCUT2D eigenvalue weighted by Gasteiger charge is -2.06. The normalized spacial score (nSPS) is 9.38. The monoisotopic (exact) mass is 177 g/mol. The highest BCUT2D eigenvalue weighted by atomic mass is 16.3. The lowest BCUT2D eigenvalue weighted by Crippen LogP contribution is -1.91. The van der Waals surface area contributed by atoms with Gasteiger partial charge in [-0.05, 0) is 42.7 Å². The predicted molar refractivity (Wildman–Crippen MR) is 49.4 cm³/mol. The summed E-state index contributed by atoms with van der Waals surface area (Å²) in [4.78, 5) is 13.4. The Bertz CT molecular complexity index is 342. The van der Waals surface area contributed by atoms with Crippen LogP contribution in [0.2, 0.25) is 0 Å². The van der Waals surface area contributed by atoms with Gasteiger partial charge >= 0.3 is 0 Å². The summed E-state index contributed by atoms with van der Waals surface area (Å²) in [6.07, 6.45) is 1.50. The first kappa shape index (κ1) is 9.49. The van der Waals surface area contributed by atoms with Crippen LogP contribution in [-0.4, -0.2) is 11.2 Å². The van der Waals surface area contributed by atoms with Gasteiger partial charge in [0, 0.05) is 0 Å². The van der Waals surface area contributed by atoms with E-state index in [1.54, 1.807) is 12.1 Å². The number of hydrogen-bond donors (Lipinski definition) is 1. The van der Waals surface area contributed by atoms with Gasteiger partial charge in [0.05, 0.1) is 6.54 Å². The van der Waals surface area contributed by atoms with E-state index in [-0.39, 0.29) is 5.75 Å². The molecule has 0 saturated carbocycles. The molecule has 1 aromatic rings. The average Bonchev–Trinajstić information content (AvgIpc) is 2.02. The number of hydrogen-bond acceptors (Lipinski definition) is 3. The van der Waals surface area contributed by atoms with E-state index < -0.39 is 0 Å². The van der Waals surface area contributed by atoms with Crippen LogP contribution in [0.15, 0.2) is 17.1 Å². The zero-order valence-corrected chi connectivity index (χ0v) is 7.66. The first-order chi connectivity index (χ1) is 6.15. The Labute approximate surface area is 76.7 Å². The zero-order chi connectivity index (χ0) is 9.84. The van der Waals surface area contributed by atoms with Crippen molar-refractivity contribution in [3.63, 3.8) is 0 Å². The Hall–Kier alpha value is -1.60. The van der Waals surface area contributed by atoms with Gasteiger partial charge in [-0.2, -0.15) is 0 Å². The van der Waals surface area contributed by atoms with E-state index in [0.717, 1.165) is 16.7 Å². The number of aromatic hydroxyl groups is 1. The predicted octanol–water partition coefficient (Wildman–Crippen LogP) is 1.84. The summed E-state index contributed by atoms with van der Waals surface area (Å²) in [5, 5.41) is 9.24. The van der Waals surface area contributed by atoms with E-state index in [9.17, 15) is 9.90 Å². The van der Waals surface area contributed by atoms with Gasteiger partial charge in [0.25, 0.3) is 0 Å². The highest BCUT2D eigenvalue weighted by Gasteiger charge is 2.03. The van der Waals surface area contributed by atoms with Crippen LogP contribution in [-0.2, 0) is 11.3 Å². The van der Waals surface area contributed by atoms with Crippen molar-refractivity contribution in [1.82, 2.24) is 0 Å². The van der Waals surface area contributed by atoms with Crippen LogP contribution in [0.5, 0.6) is 5.75 Å². The van der Waals surface area contributed by atoms with Gasteiger partial charge in [0.1, 0.15) is 5.75 Å². The van der Waals surface area contributed by atoms with Gasteiger partial charge in [-0.1, -0.05) is 0 Å². The van der Waals surface area contributed by atoms with Crippen LogP contribution in [0.4, 0.5) is 0 Å². The lowest BCUT2D eigenvalue weighted by molar-refractivity contribution is 0.474. The molecule has 68 valence electrons. The Morgan fingerprint density at radius 3 is 2.38 bits per heavy atom. The molecule has 0 aliphatic heterocycles. The second-order valence-electron chi connectivity index (χ2n) is 2.97. The number of carbonyl (C=O) groups excluding carboxylic acids is 1. The quantitative estimate of drug-likeness (QED) is 0.553. The third kappa shape index (κ3) is 2.17. The fourth-order valence-corrected chi connectivity index (χ4v) is 1.33. The van der Waals surface area contributed by atoms with Gasteiger partial charge < -0.3 is 5.11 Å². The summed E-state index contributed by atoms with van der Waals surface area (Å²) in [5.41, 5.74) is 2.86. The molecular formula is C10H11NO2. The largest absolute Gasteiger partial charge is 0.508 e. The van der Waals surface area contributed by atoms with Crippen molar-refractivity contribution in [3.05, 3.63) is 28.8 Å². The van der Waals surface area contributed by atoms with Gasteiger partial charge in [-0.15, -0.1) is 0 Å². The number of phenols is 1. The molecule has 0 unspecified atom stereocenters. The molecule has 1 aromatic carbocycles. The van der Waals surface area contributed by atoms with E-state index >= 15 is 0 Å². The van der Waals surface area contributed by atoms with E-state index in [1.807, 2.05) is 13.8 Å². The Morgan fingerprint density at radius 2 is 1.92 bits per heavy atom. The molecule has 1 rings (SSSR count). The first-order valence-corrected chi connectivity index (χ1v) is 3.98. The SMILES string of the molecule is Cc1cc(O)cc(C)c1CN=C=O. The van der Waals surface area contributed by atoms with Gasteiger partial charge in [-0.3, -0.25) is 0 Å². The van der Waals surface area contributed by atoms with Crippen molar-refractivity contribution in [2.45, 2.75) is 20.4 Å². The standard InChI is InChI=1S/C10H11NO2/c1-7-3-9(13)4-8(2)10(7)5-11-6-12/h3-4,13H,5H2,1-2H3. The molecule has 0 saturated heterocycles. The maximum atomic E-state index is 9.93. The van der Waals surface area contributed by atoms with E-state index in [0.29, 0.717) is 6.54 Å². The second-order valence-corrected chi connectivity index (χ2v) is 2.97. The number of phenolic OH excluding ortho intramolecular Hbond substituents is 1. The maximum Gasteiger partial charge on any atom is 0.235 e. The minimum Gasteiger partial charge on any atom is -0.508 e. The van der Waals surface area contributed by atoms with Gasteiger partial charge in [-0.25, -0.2) is 9.79 Å². The van der Waals surface area contributed by atoms with E-state index in [1.165, 1.54) is 6.08 Å². The molecule has 3 nitrogen and oxygen atoms in total. The molecular weight excluding hydrogens is 166 g/mol. The summed E-state index contributed by atoms with van der Waals surface area (Å²) >= 11 is 0. The summed E-state index contributed by atoms with van der Waals surface area (Å²) in [7, 11) is 0. The van der Waals surface area contributed by atoms with E-state index in [2.05, 4.69) is 4.99 Å². The smallest absolute Gasteiger partial charge is 0.235 e. The van der Waals surface area contributed by atoms with Crippen LogP contribution in [0.25, 0.3) is 0 Å². The molecule has 0 atom stereocenters. The van der Waals surface area contributed by atoms with Crippen molar-refractivity contribution >= 4 is 6.08 Å². The molecule has 13 heavy (non-hydrogen) atoms. The van der Waals surface area contributed by atoms with Crippen molar-refractivity contribution in [2.75, 3.05) is 0 Å². The van der Waals surface area contributed by atoms with Crippen LogP contribution in [0.3, 0.4) is 0 Å². The molecule has 0 spiro atoms. The average molecular weight is 177 g/mol. The highest BCUT2D eigenvalue weighted by Crippen LogP contribution is 2.21. The van der Waals surface area contributed by atoms with Gasteiger partial charge in [0.15, 0.2) is 0 Å². The summed E-state index contributed by atoms with van der Waals surface area (Å²) in [6.45, 7) is 4.09. The minimum absolute atomic E-state index is 0.244. The number of isocyanates is 1. The summed E-state index contributed by atoms with van der Waals surface area (Å²) < 4.78 is 0. The molecule has 0 amide bonds. The molecule has 0 aliphatic rings. The highest BCUT2D eigenvalue weighted by molar-refractivity contribution is 5.42. The molecule has 0 aromatic heterocycles. The van der Waals surface area contributed by atoms with Crippen LogP contribution < -0.4 is 0 Å². The topological polar surface area (TPSA) is 49.7 Å². The molecule has 0 bridgehead atoms. The Kier molecular flexibility index (Phi) is 2.83. The number of aliphatic imine (C=N–C) groups is 1. The lowest BCUT2D eigenvalue weighted by atomic mass is 10.0. The number of rotatable bonds is 2. The fraction of sp³-hybridized carbons (Fsp3) is 0.300. The minimum atomic E-state index is 0.244. The maximum absolute atomic E-state index is 9.93. The Balaban J connectivity index is 3.12. The molecule has 0 aliphatic carbocycles. The first-order valence-electron chi connectivity index (χ1n) is 3.98. The third-order valence-corrected chi connectivity index (χ3v) is 1.98. The van der Waals surface area contributed by atoms with Crippen LogP contribution in [0, 0.1) is 13.8 Å². The van der Waals surface area contributed by atoms with Crippen LogP contribution >= 0.6 is 0 Å². The summed E-state index contributed by atoms with van der Waals surface area (Å²) in [6, 6.07) is 3.31. The Morgan fingerprint density at radius 1 is 1.38 bits per heavy atom. The zero-order valence-electron chi connectivity index (χ0n) is 7.66. The number of aryl methyl sites for hydroxylation is 2. The number of benzene rings is 1. The van der Waals surface area contributed by atoms with Crippen LogP contribution in [0.1, 0.15) is 16.7 Å². The van der Waals surface area contributed by atoms with Crippen molar-refractivity contribution in [3.8, 4) is 5.75 Å². The second kappa shape index (κ2) is 3.87. The van der Waals surface area contributed by atoms with Crippen molar-refractivity contribution in [2.24, 2.45) is 4.99 Å². The van der Waals surface area contributed by atoms with Gasteiger partial charge in [0.2, 0.25) is 6.08 Å². The fourth-order valence-electron chi connectivity index (χ4n) is 1.33. The molecule has 0 radical (unpaired) electrons. The molecule has 0 fully saturated rings. The third-order valence-electron chi connectivity index (χ3n) is 1.98. The molecule has 0 heterocycles. The number of nitrogens with zero attached hydrogens (tertiary/aromatic N) is 1. The summed E-state index contributed by atoms with van der Waals surface area (Å²) in [5.74, 6) is 0.244. The molecule has 1 N–H and O–H groups in total. The van der Waals surface area contributed by atoms with Crippen molar-refractivity contribution < 1.29 is 9.90 Å². The van der Waals surface area contributed by atoms with Crippen molar-refractivity contribution in [1.29, 1.82) is 0 Å². The molecule has 3 heteroatoms. The van der Waals surface area contributed by atoms with E-state index in [4.69, 9.17) is 0 Å².